The largest absolute Gasteiger partial charge is 0.417 e. The number of benzene rings is 1. The average Bonchev–Trinajstić information content (AvgIpc) is 2.53. The first-order valence-corrected chi connectivity index (χ1v) is 7.47. The number of nitrogens with one attached hydrogen (secondary N) is 2. The highest BCUT2D eigenvalue weighted by molar-refractivity contribution is 6.31. The molecule has 2 aromatic rings. The Hall–Kier alpha value is -2.61. The maximum absolute atomic E-state index is 12.9. The van der Waals surface area contributed by atoms with Crippen molar-refractivity contribution in [2.75, 3.05) is 17.2 Å². The molecule has 1 aromatic heterocycles. The van der Waals surface area contributed by atoms with E-state index in [2.05, 4.69) is 27.2 Å². The number of halogens is 4. The van der Waals surface area contributed by atoms with Crippen molar-refractivity contribution in [1.29, 1.82) is 0 Å². The Morgan fingerprint density at radius 1 is 1.32 bits per heavy atom. The highest BCUT2D eigenvalue weighted by Gasteiger charge is 2.33. The molecule has 0 saturated heterocycles. The maximum Gasteiger partial charge on any atom is 0.417 e. The van der Waals surface area contributed by atoms with Crippen LogP contribution in [0.25, 0.3) is 0 Å². The van der Waals surface area contributed by atoms with Crippen LogP contribution in [0.15, 0.2) is 36.9 Å². The van der Waals surface area contributed by atoms with E-state index in [9.17, 15) is 18.0 Å². The van der Waals surface area contributed by atoms with Crippen molar-refractivity contribution in [3.8, 4) is 0 Å². The first kappa shape index (κ1) is 18.7. The lowest BCUT2D eigenvalue weighted by Crippen LogP contribution is -2.16. The molecule has 2 N–H and O–H groups in total. The van der Waals surface area contributed by atoms with Crippen molar-refractivity contribution in [2.24, 2.45) is 0 Å². The summed E-state index contributed by atoms with van der Waals surface area (Å²) < 4.78 is 38.6. The number of amides is 1. The Morgan fingerprint density at radius 2 is 2.04 bits per heavy atom. The van der Waals surface area contributed by atoms with Crippen LogP contribution in [-0.2, 0) is 6.18 Å². The minimum absolute atomic E-state index is 0.0163. The number of alkyl halides is 3. The molecule has 0 aliphatic rings. The molecule has 0 fully saturated rings. The normalized spacial score (nSPS) is 11.1. The van der Waals surface area contributed by atoms with Crippen molar-refractivity contribution in [3.05, 3.63) is 59.0 Å². The molecule has 0 atom stereocenters. The van der Waals surface area contributed by atoms with Gasteiger partial charge in [-0.05, 0) is 25.1 Å². The van der Waals surface area contributed by atoms with Gasteiger partial charge < -0.3 is 10.6 Å². The van der Waals surface area contributed by atoms with Gasteiger partial charge in [-0.15, -0.1) is 6.58 Å². The van der Waals surface area contributed by atoms with E-state index in [0.717, 1.165) is 12.1 Å². The molecule has 9 heteroatoms. The van der Waals surface area contributed by atoms with Crippen LogP contribution in [0.2, 0.25) is 5.02 Å². The third kappa shape index (κ3) is 4.93. The highest BCUT2D eigenvalue weighted by Crippen LogP contribution is 2.36. The summed E-state index contributed by atoms with van der Waals surface area (Å²) in [5, 5.41) is 4.84. The second-order valence-corrected chi connectivity index (χ2v) is 5.41. The summed E-state index contributed by atoms with van der Waals surface area (Å²) in [6, 6.07) is 4.51. The molecule has 0 saturated carbocycles. The number of hydrogen-bond donors (Lipinski definition) is 2. The Bertz CT molecular complexity index is 808. The van der Waals surface area contributed by atoms with E-state index >= 15 is 0 Å². The Labute approximate surface area is 146 Å². The van der Waals surface area contributed by atoms with Crippen molar-refractivity contribution in [3.63, 3.8) is 0 Å². The van der Waals surface area contributed by atoms with Crippen molar-refractivity contribution < 1.29 is 18.0 Å². The second-order valence-electron chi connectivity index (χ2n) is 5.00. The van der Waals surface area contributed by atoms with Crippen molar-refractivity contribution in [2.45, 2.75) is 13.1 Å². The van der Waals surface area contributed by atoms with E-state index in [1.54, 1.807) is 13.0 Å². The van der Waals surface area contributed by atoms with E-state index in [4.69, 9.17) is 11.6 Å². The molecule has 0 aliphatic carbocycles. The van der Waals surface area contributed by atoms with E-state index in [1.165, 1.54) is 12.1 Å². The molecular weight excluding hydrogens is 357 g/mol. The van der Waals surface area contributed by atoms with Gasteiger partial charge in [-0.25, -0.2) is 9.97 Å². The van der Waals surface area contributed by atoms with E-state index in [1.807, 2.05) is 0 Å². The summed E-state index contributed by atoms with van der Waals surface area (Å²) in [7, 11) is 0. The Balaban J connectivity index is 2.25. The predicted octanol–water partition coefficient (Wildman–Crippen LogP) is 4.31. The number of carbonyl (C=O) groups is 1. The third-order valence-electron chi connectivity index (χ3n) is 3.03. The minimum atomic E-state index is -4.62. The van der Waals surface area contributed by atoms with E-state index in [0.29, 0.717) is 18.2 Å². The summed E-state index contributed by atoms with van der Waals surface area (Å²) in [5.74, 6) is 0.0820. The van der Waals surface area contributed by atoms with Gasteiger partial charge in [0.2, 0.25) is 0 Å². The minimum Gasteiger partial charge on any atom is -0.366 e. The fourth-order valence-corrected chi connectivity index (χ4v) is 2.19. The number of rotatable bonds is 5. The predicted molar refractivity (Wildman–Crippen MR) is 89.9 cm³/mol. The van der Waals surface area contributed by atoms with E-state index < -0.39 is 22.7 Å². The fraction of sp³-hybridized carbons (Fsp3) is 0.188. The molecule has 0 radical (unpaired) electrons. The molecule has 2 rings (SSSR count). The zero-order chi connectivity index (χ0) is 18.6. The number of anilines is 2. The van der Waals surface area contributed by atoms with Gasteiger partial charge in [0.1, 0.15) is 17.3 Å². The van der Waals surface area contributed by atoms with Gasteiger partial charge in [0.15, 0.2) is 0 Å². The summed E-state index contributed by atoms with van der Waals surface area (Å²) in [4.78, 5) is 20.4. The second kappa shape index (κ2) is 7.52. The Kier molecular flexibility index (Phi) is 5.63. The summed E-state index contributed by atoms with van der Waals surface area (Å²) in [6.07, 6.45) is -3.01. The molecule has 0 unspecified atom stereocenters. The zero-order valence-electron chi connectivity index (χ0n) is 13.1. The van der Waals surface area contributed by atoms with Crippen LogP contribution in [0.1, 0.15) is 21.9 Å². The van der Waals surface area contributed by atoms with Crippen LogP contribution in [0.4, 0.5) is 24.7 Å². The first-order chi connectivity index (χ1) is 11.7. The monoisotopic (exact) mass is 370 g/mol. The molecule has 25 heavy (non-hydrogen) atoms. The topological polar surface area (TPSA) is 66.9 Å². The summed E-state index contributed by atoms with van der Waals surface area (Å²) >= 11 is 5.55. The molecule has 0 spiro atoms. The van der Waals surface area contributed by atoms with Crippen molar-refractivity contribution in [1.82, 2.24) is 9.97 Å². The molecular formula is C16H14ClF3N4O. The van der Waals surface area contributed by atoms with Gasteiger partial charge in [0.05, 0.1) is 10.6 Å². The molecule has 1 heterocycles. The smallest absolute Gasteiger partial charge is 0.366 e. The van der Waals surface area contributed by atoms with Crippen LogP contribution in [0, 0.1) is 6.92 Å². The summed E-state index contributed by atoms with van der Waals surface area (Å²) in [5.41, 5.74) is -1.06. The Morgan fingerprint density at radius 3 is 2.68 bits per heavy atom. The van der Waals surface area contributed by atoms with Gasteiger partial charge in [0.25, 0.3) is 5.91 Å². The molecule has 1 amide bonds. The van der Waals surface area contributed by atoms with Crippen LogP contribution in [-0.4, -0.2) is 22.4 Å². The van der Waals surface area contributed by atoms with Crippen LogP contribution in [0.3, 0.4) is 0 Å². The molecule has 0 bridgehead atoms. The number of carbonyl (C=O) groups excluding carboxylic acids is 1. The lowest BCUT2D eigenvalue weighted by molar-refractivity contribution is -0.137. The standard InChI is InChI=1S/C16H14ClF3N4O/c1-3-6-21-14-8-13(22-9(2)23-14)15(25)24-10-4-5-12(17)11(7-10)16(18,19)20/h3-5,7-8H,1,6H2,2H3,(H,24,25)(H,21,22,23). The van der Waals surface area contributed by atoms with Gasteiger partial charge >= 0.3 is 6.18 Å². The van der Waals surface area contributed by atoms with Gasteiger partial charge in [-0.1, -0.05) is 17.7 Å². The van der Waals surface area contributed by atoms with Crippen molar-refractivity contribution >= 4 is 29.0 Å². The maximum atomic E-state index is 12.9. The molecule has 5 nitrogen and oxygen atoms in total. The van der Waals surface area contributed by atoms with Gasteiger partial charge in [0, 0.05) is 18.3 Å². The molecule has 132 valence electrons. The quantitative estimate of drug-likeness (QED) is 0.770. The van der Waals surface area contributed by atoms with E-state index in [-0.39, 0.29) is 11.4 Å². The lowest BCUT2D eigenvalue weighted by Gasteiger charge is -2.12. The zero-order valence-corrected chi connectivity index (χ0v) is 13.9. The summed E-state index contributed by atoms with van der Waals surface area (Å²) in [6.45, 7) is 5.59. The van der Waals surface area contributed by atoms with Gasteiger partial charge in [-0.2, -0.15) is 13.2 Å². The number of hydrogen-bond acceptors (Lipinski definition) is 4. The van der Waals surface area contributed by atoms with Crippen LogP contribution in [0.5, 0.6) is 0 Å². The fourth-order valence-electron chi connectivity index (χ4n) is 1.97. The average molecular weight is 371 g/mol. The SMILES string of the molecule is C=CCNc1cc(C(=O)Nc2ccc(Cl)c(C(F)(F)F)c2)nc(C)n1. The van der Waals surface area contributed by atoms with Crippen LogP contribution < -0.4 is 10.6 Å². The first-order valence-electron chi connectivity index (χ1n) is 7.09. The number of aromatic nitrogens is 2. The molecule has 1 aromatic carbocycles. The third-order valence-corrected chi connectivity index (χ3v) is 3.36. The molecule has 0 aliphatic heterocycles. The number of aryl methyl sites for hydroxylation is 1. The van der Waals surface area contributed by atoms with Gasteiger partial charge in [-0.3, -0.25) is 4.79 Å². The lowest BCUT2D eigenvalue weighted by atomic mass is 10.2. The van der Waals surface area contributed by atoms with Crippen LogP contribution >= 0.6 is 11.6 Å². The number of nitrogens with zero attached hydrogens (tertiary/aromatic N) is 2. The highest BCUT2D eigenvalue weighted by atomic mass is 35.5.